The van der Waals surface area contributed by atoms with Gasteiger partial charge in [-0.3, -0.25) is 18.8 Å². The second-order valence-corrected chi connectivity index (χ2v) is 8.59. The number of hydrogen-bond donors (Lipinski definition) is 0. The summed E-state index contributed by atoms with van der Waals surface area (Å²) in [4.78, 5) is 15.4. The summed E-state index contributed by atoms with van der Waals surface area (Å²) in [5, 5.41) is 12.9. The molecule has 0 saturated heterocycles. The van der Waals surface area contributed by atoms with Crippen molar-refractivity contribution < 1.29 is 13.6 Å². The minimum atomic E-state index is -0.751. The van der Waals surface area contributed by atoms with Gasteiger partial charge >= 0.3 is 0 Å². The molecule has 3 aromatic heterocycles. The van der Waals surface area contributed by atoms with E-state index in [1.54, 1.807) is 15.8 Å². The van der Waals surface area contributed by atoms with E-state index in [1.807, 2.05) is 31.2 Å². The van der Waals surface area contributed by atoms with E-state index < -0.39 is 17.7 Å². The van der Waals surface area contributed by atoms with E-state index in [4.69, 9.17) is 0 Å². The lowest BCUT2D eigenvalue weighted by atomic mass is 9.98. The maximum Gasteiger partial charge on any atom is 0.277 e. The smallest absolute Gasteiger partial charge is 0.277 e. The van der Waals surface area contributed by atoms with Gasteiger partial charge in [0.05, 0.1) is 23.5 Å². The Hall–Kier alpha value is -3.62. The molecule has 6 rings (SSSR count). The minimum Gasteiger partial charge on any atom is -0.294 e. The lowest BCUT2D eigenvalue weighted by Gasteiger charge is -2.27. The molecule has 1 aliphatic carbocycles. The third-order valence-electron chi connectivity index (χ3n) is 6.36. The van der Waals surface area contributed by atoms with Crippen LogP contribution in [0.1, 0.15) is 63.6 Å². The third-order valence-corrected chi connectivity index (χ3v) is 6.36. The number of amides is 1. The Labute approximate surface area is 182 Å². The number of hydrogen-bond acceptors (Lipinski definition) is 4. The van der Waals surface area contributed by atoms with Crippen molar-refractivity contribution in [1.29, 1.82) is 0 Å². The first kappa shape index (κ1) is 19.1. The molecular formula is C23H20F2N6O. The van der Waals surface area contributed by atoms with E-state index in [2.05, 4.69) is 15.3 Å². The Morgan fingerprint density at radius 3 is 2.56 bits per heavy atom. The summed E-state index contributed by atoms with van der Waals surface area (Å²) >= 11 is 0. The minimum absolute atomic E-state index is 0.185. The highest BCUT2D eigenvalue weighted by Gasteiger charge is 2.47. The standard InChI is InChI=1S/C23H20F2N6O/c1-11-8-16(10-29-13(3)26-27-22(11)29)30-20(17-7-4-14(24)9-18(17)25)19-12(2)28-31(15-5-6-15)21(19)23(30)32/h4,7-10,15,20H,5-6H2,1-3H3/t20-/m1/s1. The summed E-state index contributed by atoms with van der Waals surface area (Å²) in [5.41, 5.74) is 4.19. The van der Waals surface area contributed by atoms with E-state index >= 15 is 4.39 Å². The van der Waals surface area contributed by atoms with Crippen LogP contribution in [-0.2, 0) is 0 Å². The maximum atomic E-state index is 15.0. The summed E-state index contributed by atoms with van der Waals surface area (Å²) in [5.74, 6) is -0.924. The van der Waals surface area contributed by atoms with E-state index in [-0.39, 0.29) is 17.5 Å². The largest absolute Gasteiger partial charge is 0.294 e. The number of fused-ring (bicyclic) bond motifs is 2. The normalized spacial score (nSPS) is 18.1. The average Bonchev–Trinajstić information content (AvgIpc) is 3.35. The second-order valence-electron chi connectivity index (χ2n) is 8.59. The fraction of sp³-hybridized carbons (Fsp3) is 0.304. The van der Waals surface area contributed by atoms with Crippen LogP contribution in [0, 0.1) is 32.4 Å². The highest BCUT2D eigenvalue weighted by Crippen LogP contribution is 2.47. The molecular weight excluding hydrogens is 414 g/mol. The highest BCUT2D eigenvalue weighted by atomic mass is 19.1. The van der Waals surface area contributed by atoms with Crippen molar-refractivity contribution in [3.05, 3.63) is 76.0 Å². The van der Waals surface area contributed by atoms with E-state index in [1.165, 1.54) is 12.1 Å². The van der Waals surface area contributed by atoms with E-state index in [9.17, 15) is 9.18 Å². The van der Waals surface area contributed by atoms with Crippen LogP contribution in [0.5, 0.6) is 0 Å². The van der Waals surface area contributed by atoms with Crippen LogP contribution in [-0.4, -0.2) is 30.3 Å². The maximum absolute atomic E-state index is 15.0. The molecule has 0 spiro atoms. The molecule has 0 N–H and O–H groups in total. The van der Waals surface area contributed by atoms with Crippen molar-refractivity contribution >= 4 is 17.2 Å². The van der Waals surface area contributed by atoms with Crippen LogP contribution in [0.25, 0.3) is 5.65 Å². The van der Waals surface area contributed by atoms with Gasteiger partial charge in [0.15, 0.2) is 5.65 Å². The number of rotatable bonds is 3. The zero-order valence-electron chi connectivity index (χ0n) is 17.8. The number of halogens is 2. The molecule has 1 aromatic carbocycles. The summed E-state index contributed by atoms with van der Waals surface area (Å²) < 4.78 is 32.4. The van der Waals surface area contributed by atoms with Crippen LogP contribution >= 0.6 is 0 Å². The molecule has 1 saturated carbocycles. The molecule has 2 aliphatic rings. The summed E-state index contributed by atoms with van der Waals surface area (Å²) in [6.45, 7) is 5.56. The van der Waals surface area contributed by atoms with Crippen molar-refractivity contribution in [2.45, 2.75) is 45.7 Å². The van der Waals surface area contributed by atoms with Gasteiger partial charge in [-0.05, 0) is 51.3 Å². The third kappa shape index (κ3) is 2.57. The van der Waals surface area contributed by atoms with Crippen LogP contribution in [0.4, 0.5) is 14.5 Å². The van der Waals surface area contributed by atoms with Gasteiger partial charge in [-0.25, -0.2) is 8.78 Å². The Balaban J connectivity index is 1.62. The predicted molar refractivity (Wildman–Crippen MR) is 113 cm³/mol. The molecule has 0 bridgehead atoms. The lowest BCUT2D eigenvalue weighted by molar-refractivity contribution is 0.0983. The fourth-order valence-corrected chi connectivity index (χ4v) is 4.71. The van der Waals surface area contributed by atoms with Crippen molar-refractivity contribution in [1.82, 2.24) is 24.4 Å². The molecule has 7 nitrogen and oxygen atoms in total. The van der Waals surface area contributed by atoms with Crippen molar-refractivity contribution in [3.8, 4) is 0 Å². The molecule has 32 heavy (non-hydrogen) atoms. The number of aryl methyl sites for hydroxylation is 3. The van der Waals surface area contributed by atoms with Crippen molar-refractivity contribution in [2.75, 3.05) is 4.90 Å². The monoisotopic (exact) mass is 434 g/mol. The lowest BCUT2D eigenvalue weighted by Crippen LogP contribution is -2.31. The van der Waals surface area contributed by atoms with Crippen LogP contribution in [0.15, 0.2) is 30.5 Å². The number of carbonyl (C=O) groups is 1. The molecule has 4 heterocycles. The first-order valence-electron chi connectivity index (χ1n) is 10.5. The molecule has 4 aromatic rings. The number of aromatic nitrogens is 5. The molecule has 1 fully saturated rings. The molecule has 9 heteroatoms. The highest BCUT2D eigenvalue weighted by molar-refractivity contribution is 6.11. The first-order valence-corrected chi connectivity index (χ1v) is 10.5. The molecule has 1 atom stereocenters. The van der Waals surface area contributed by atoms with Crippen LogP contribution < -0.4 is 4.90 Å². The fourth-order valence-electron chi connectivity index (χ4n) is 4.71. The Morgan fingerprint density at radius 2 is 1.84 bits per heavy atom. The Morgan fingerprint density at radius 1 is 1.06 bits per heavy atom. The van der Waals surface area contributed by atoms with Gasteiger partial charge in [-0.2, -0.15) is 5.10 Å². The van der Waals surface area contributed by atoms with Crippen LogP contribution in [0.3, 0.4) is 0 Å². The predicted octanol–water partition coefficient (Wildman–Crippen LogP) is 4.21. The summed E-state index contributed by atoms with van der Waals surface area (Å²) in [6, 6.07) is 4.77. The average molecular weight is 434 g/mol. The number of carbonyl (C=O) groups excluding carboxylic acids is 1. The Kier molecular flexibility index (Phi) is 3.84. The van der Waals surface area contributed by atoms with E-state index in [0.717, 1.165) is 24.5 Å². The zero-order valence-corrected chi connectivity index (χ0v) is 17.8. The number of anilines is 1. The molecule has 0 unspecified atom stereocenters. The van der Waals surface area contributed by atoms with Gasteiger partial charge in [0.2, 0.25) is 0 Å². The number of pyridine rings is 1. The second kappa shape index (κ2) is 6.44. The zero-order chi connectivity index (χ0) is 22.3. The van der Waals surface area contributed by atoms with Gasteiger partial charge in [0.25, 0.3) is 5.91 Å². The summed E-state index contributed by atoms with van der Waals surface area (Å²) in [7, 11) is 0. The van der Waals surface area contributed by atoms with Crippen molar-refractivity contribution in [3.63, 3.8) is 0 Å². The Bertz CT molecular complexity index is 1430. The van der Waals surface area contributed by atoms with E-state index in [0.29, 0.717) is 34.1 Å². The summed E-state index contributed by atoms with van der Waals surface area (Å²) in [6.07, 6.45) is 3.71. The molecule has 1 amide bonds. The van der Waals surface area contributed by atoms with Gasteiger partial charge in [-0.1, -0.05) is 6.07 Å². The number of nitrogens with zero attached hydrogens (tertiary/aromatic N) is 6. The molecule has 1 aliphatic heterocycles. The van der Waals surface area contributed by atoms with Gasteiger partial charge in [0.1, 0.15) is 23.2 Å². The first-order chi connectivity index (χ1) is 15.3. The van der Waals surface area contributed by atoms with Gasteiger partial charge < -0.3 is 0 Å². The topological polar surface area (TPSA) is 68.3 Å². The number of benzene rings is 1. The van der Waals surface area contributed by atoms with Gasteiger partial charge in [0, 0.05) is 23.4 Å². The SMILES string of the molecule is Cc1nn(C2CC2)c2c1[C@@H](c1ccc(F)cc1F)N(c1cc(C)c3nnc(C)n3c1)C2=O. The quantitative estimate of drug-likeness (QED) is 0.484. The van der Waals surface area contributed by atoms with Gasteiger partial charge in [-0.15, -0.1) is 10.2 Å². The van der Waals surface area contributed by atoms with Crippen LogP contribution in [0.2, 0.25) is 0 Å². The molecule has 162 valence electrons. The molecule has 0 radical (unpaired) electrons. The van der Waals surface area contributed by atoms with Crippen molar-refractivity contribution in [2.24, 2.45) is 0 Å².